The minimum absolute atomic E-state index is 0. The van der Waals surface area contributed by atoms with Crippen LogP contribution in [0.3, 0.4) is 0 Å². The van der Waals surface area contributed by atoms with Crippen LogP contribution in [0, 0.1) is 5.92 Å². The molecule has 3 N–H and O–H groups in total. The Kier molecular flexibility index (Phi) is 4.33. The van der Waals surface area contributed by atoms with E-state index in [4.69, 9.17) is 10.8 Å². The van der Waals surface area contributed by atoms with E-state index < -0.39 is 5.97 Å². The van der Waals surface area contributed by atoms with Crippen LogP contribution in [0.15, 0.2) is 24.3 Å². The molecular weight excluding hydrogens is 226 g/mol. The molecule has 0 amide bonds. The van der Waals surface area contributed by atoms with Gasteiger partial charge >= 0.3 is 5.97 Å². The van der Waals surface area contributed by atoms with Crippen LogP contribution >= 0.6 is 12.4 Å². The molecule has 1 saturated carbocycles. The van der Waals surface area contributed by atoms with Crippen LogP contribution in [-0.4, -0.2) is 11.1 Å². The van der Waals surface area contributed by atoms with E-state index in [0.29, 0.717) is 11.5 Å². The van der Waals surface area contributed by atoms with Gasteiger partial charge in [0, 0.05) is 6.04 Å². The summed E-state index contributed by atoms with van der Waals surface area (Å²) >= 11 is 0. The molecule has 0 radical (unpaired) electrons. The zero-order valence-corrected chi connectivity index (χ0v) is 9.74. The minimum Gasteiger partial charge on any atom is -0.478 e. The second-order valence-corrected chi connectivity index (χ2v) is 4.18. The van der Waals surface area contributed by atoms with Crippen LogP contribution in [0.4, 0.5) is 0 Å². The highest BCUT2D eigenvalue weighted by atomic mass is 35.5. The third-order valence-electron chi connectivity index (χ3n) is 2.87. The van der Waals surface area contributed by atoms with Crippen LogP contribution in [0.1, 0.15) is 41.2 Å². The third-order valence-corrected chi connectivity index (χ3v) is 2.87. The fourth-order valence-corrected chi connectivity index (χ4v) is 1.85. The number of benzene rings is 1. The van der Waals surface area contributed by atoms with Crippen molar-refractivity contribution < 1.29 is 9.90 Å². The lowest BCUT2D eigenvalue weighted by atomic mass is 9.97. The molecule has 1 fully saturated rings. The minimum atomic E-state index is -0.892. The summed E-state index contributed by atoms with van der Waals surface area (Å²) in [4.78, 5) is 11.0. The first-order chi connectivity index (χ1) is 7.18. The van der Waals surface area contributed by atoms with Crippen molar-refractivity contribution in [1.82, 2.24) is 0 Å². The van der Waals surface area contributed by atoms with Crippen molar-refractivity contribution in [1.29, 1.82) is 0 Å². The number of hydrogen-bond donors (Lipinski definition) is 2. The lowest BCUT2D eigenvalue weighted by Crippen LogP contribution is -2.15. The number of nitrogens with two attached hydrogens (primary N) is 1. The first-order valence-corrected chi connectivity index (χ1v) is 5.26. The molecule has 1 atom stereocenters. The molecule has 0 heterocycles. The van der Waals surface area contributed by atoms with Gasteiger partial charge in [-0.3, -0.25) is 0 Å². The van der Waals surface area contributed by atoms with Crippen LogP contribution in [0.5, 0.6) is 0 Å². The summed E-state index contributed by atoms with van der Waals surface area (Å²) < 4.78 is 0. The van der Waals surface area contributed by atoms with E-state index >= 15 is 0 Å². The molecule has 0 unspecified atom stereocenters. The quantitative estimate of drug-likeness (QED) is 0.852. The molecular formula is C12H16ClNO2. The molecule has 0 aliphatic heterocycles. The fraction of sp³-hybridized carbons (Fsp3) is 0.417. The van der Waals surface area contributed by atoms with E-state index in [-0.39, 0.29) is 18.4 Å². The molecule has 0 saturated heterocycles. The van der Waals surface area contributed by atoms with Crippen LogP contribution in [-0.2, 0) is 0 Å². The summed E-state index contributed by atoms with van der Waals surface area (Å²) in [7, 11) is 0. The molecule has 2 rings (SSSR count). The van der Waals surface area contributed by atoms with E-state index in [1.165, 1.54) is 12.8 Å². The van der Waals surface area contributed by atoms with Gasteiger partial charge in [0.25, 0.3) is 0 Å². The molecule has 88 valence electrons. The Morgan fingerprint density at radius 2 is 2.06 bits per heavy atom. The number of rotatable bonds is 4. The summed E-state index contributed by atoms with van der Waals surface area (Å²) in [5.74, 6) is -0.182. The van der Waals surface area contributed by atoms with Crippen LogP contribution < -0.4 is 5.73 Å². The molecule has 1 aliphatic rings. The normalized spacial score (nSPS) is 16.3. The number of carboxylic acid groups (broad SMARTS) is 1. The molecule has 16 heavy (non-hydrogen) atoms. The lowest BCUT2D eigenvalue weighted by Gasteiger charge is -2.13. The van der Waals surface area contributed by atoms with Crippen molar-refractivity contribution in [3.8, 4) is 0 Å². The topological polar surface area (TPSA) is 63.3 Å². The summed E-state index contributed by atoms with van der Waals surface area (Å²) in [5, 5.41) is 9.01. The monoisotopic (exact) mass is 241 g/mol. The van der Waals surface area contributed by atoms with Gasteiger partial charge in [-0.2, -0.15) is 0 Å². The average molecular weight is 242 g/mol. The molecule has 1 aromatic carbocycles. The third kappa shape index (κ3) is 2.97. The number of carbonyl (C=O) groups is 1. The number of hydrogen-bond acceptors (Lipinski definition) is 2. The predicted octanol–water partition coefficient (Wildman–Crippen LogP) is 2.61. The molecule has 0 aromatic heterocycles. The SMILES string of the molecule is Cl.N[C@@H](CC1CC1)c1ccccc1C(=O)O. The van der Waals surface area contributed by atoms with E-state index in [0.717, 1.165) is 12.0 Å². The highest BCUT2D eigenvalue weighted by Gasteiger charge is 2.26. The van der Waals surface area contributed by atoms with Gasteiger partial charge in [-0.25, -0.2) is 4.79 Å². The summed E-state index contributed by atoms with van der Waals surface area (Å²) in [6.45, 7) is 0. The Morgan fingerprint density at radius 1 is 1.44 bits per heavy atom. The van der Waals surface area contributed by atoms with Crippen molar-refractivity contribution in [3.05, 3.63) is 35.4 Å². The maximum absolute atomic E-state index is 11.0. The first kappa shape index (κ1) is 13.0. The van der Waals surface area contributed by atoms with Crippen LogP contribution in [0.2, 0.25) is 0 Å². The van der Waals surface area contributed by atoms with Gasteiger partial charge in [0.05, 0.1) is 5.56 Å². The summed E-state index contributed by atoms with van der Waals surface area (Å²) in [6, 6.07) is 6.87. The molecule has 3 nitrogen and oxygen atoms in total. The molecule has 0 spiro atoms. The smallest absolute Gasteiger partial charge is 0.336 e. The zero-order chi connectivity index (χ0) is 10.8. The largest absolute Gasteiger partial charge is 0.478 e. The van der Waals surface area contributed by atoms with Gasteiger partial charge in [0.1, 0.15) is 0 Å². The van der Waals surface area contributed by atoms with Gasteiger partial charge < -0.3 is 10.8 Å². The molecule has 0 bridgehead atoms. The Hall–Kier alpha value is -1.06. The van der Waals surface area contributed by atoms with Crippen molar-refractivity contribution in [2.75, 3.05) is 0 Å². The van der Waals surface area contributed by atoms with Gasteiger partial charge in [-0.1, -0.05) is 31.0 Å². The molecule has 1 aromatic rings. The van der Waals surface area contributed by atoms with Crippen molar-refractivity contribution in [2.24, 2.45) is 11.7 Å². The van der Waals surface area contributed by atoms with Gasteiger partial charge in [-0.05, 0) is 24.0 Å². The van der Waals surface area contributed by atoms with Crippen LogP contribution in [0.25, 0.3) is 0 Å². The standard InChI is InChI=1S/C12H15NO2.ClH/c13-11(7-8-5-6-8)9-3-1-2-4-10(9)12(14)15;/h1-4,8,11H,5-7,13H2,(H,14,15);1H/t11-;/m0./s1. The molecule has 4 heteroatoms. The van der Waals surface area contributed by atoms with Crippen molar-refractivity contribution in [2.45, 2.75) is 25.3 Å². The van der Waals surface area contributed by atoms with Gasteiger partial charge in [0.2, 0.25) is 0 Å². The van der Waals surface area contributed by atoms with Crippen molar-refractivity contribution >= 4 is 18.4 Å². The molecule has 1 aliphatic carbocycles. The summed E-state index contributed by atoms with van der Waals surface area (Å²) in [6.07, 6.45) is 3.39. The number of carboxylic acids is 1. The lowest BCUT2D eigenvalue weighted by molar-refractivity contribution is 0.0695. The highest BCUT2D eigenvalue weighted by molar-refractivity contribution is 5.89. The number of halogens is 1. The number of aromatic carboxylic acids is 1. The predicted molar refractivity (Wildman–Crippen MR) is 64.9 cm³/mol. The second-order valence-electron chi connectivity index (χ2n) is 4.18. The van der Waals surface area contributed by atoms with E-state index in [1.807, 2.05) is 12.1 Å². The van der Waals surface area contributed by atoms with Gasteiger partial charge in [-0.15, -0.1) is 12.4 Å². The van der Waals surface area contributed by atoms with E-state index in [2.05, 4.69) is 0 Å². The van der Waals surface area contributed by atoms with Crippen molar-refractivity contribution in [3.63, 3.8) is 0 Å². The fourth-order valence-electron chi connectivity index (χ4n) is 1.85. The Labute approximate surface area is 101 Å². The first-order valence-electron chi connectivity index (χ1n) is 5.26. The maximum Gasteiger partial charge on any atom is 0.336 e. The average Bonchev–Trinajstić information content (AvgIpc) is 3.01. The van der Waals surface area contributed by atoms with Gasteiger partial charge in [0.15, 0.2) is 0 Å². The summed E-state index contributed by atoms with van der Waals surface area (Å²) in [5.41, 5.74) is 7.11. The second kappa shape index (κ2) is 5.32. The Balaban J connectivity index is 0.00000128. The highest BCUT2D eigenvalue weighted by Crippen LogP contribution is 2.37. The Bertz CT molecular complexity index is 377. The zero-order valence-electron chi connectivity index (χ0n) is 8.93. The maximum atomic E-state index is 11.0. The Morgan fingerprint density at radius 3 is 2.62 bits per heavy atom. The van der Waals surface area contributed by atoms with E-state index in [1.54, 1.807) is 12.1 Å². The van der Waals surface area contributed by atoms with E-state index in [9.17, 15) is 4.79 Å².